The lowest BCUT2D eigenvalue weighted by atomic mass is 10.2. The summed E-state index contributed by atoms with van der Waals surface area (Å²) in [6.07, 6.45) is 0. The van der Waals surface area contributed by atoms with Crippen LogP contribution in [0.4, 0.5) is 0 Å². The maximum atomic E-state index is 5.87. The number of nitrogens with zero attached hydrogens (tertiary/aromatic N) is 1. The Morgan fingerprint density at radius 3 is 2.77 bits per heavy atom. The Kier molecular flexibility index (Phi) is 4.19. The summed E-state index contributed by atoms with van der Waals surface area (Å²) in [5, 5.41) is 2.67. The van der Waals surface area contributed by atoms with E-state index in [1.54, 1.807) is 0 Å². The Bertz CT molecular complexity index is 289. The van der Waals surface area contributed by atoms with Gasteiger partial charge in [0.1, 0.15) is 0 Å². The highest BCUT2D eigenvalue weighted by Crippen LogP contribution is 2.20. The highest BCUT2D eigenvalue weighted by Gasteiger charge is 2.00. The predicted octanol–water partition coefficient (Wildman–Crippen LogP) is 2.67. The first-order chi connectivity index (χ1) is 6.09. The molecule has 1 rings (SSSR count). The molecule has 0 spiro atoms. The van der Waals surface area contributed by atoms with Gasteiger partial charge >= 0.3 is 0 Å². The highest BCUT2D eigenvalue weighted by molar-refractivity contribution is 9.10. The Labute approximate surface area is 92.0 Å². The van der Waals surface area contributed by atoms with E-state index in [0.717, 1.165) is 21.6 Å². The molecule has 0 atom stereocenters. The number of hydrazine groups is 1. The molecule has 0 radical (unpaired) electrons. The summed E-state index contributed by atoms with van der Waals surface area (Å²) >= 11 is 9.33. The summed E-state index contributed by atoms with van der Waals surface area (Å²) in [5.41, 5.74) is 4.33. The summed E-state index contributed by atoms with van der Waals surface area (Å²) in [6.45, 7) is 0.772. The first-order valence-corrected chi connectivity index (χ1v) is 5.11. The molecule has 1 aromatic rings. The molecule has 72 valence electrons. The molecular formula is C9H12BrClN2. The number of benzene rings is 1. The van der Waals surface area contributed by atoms with Crippen molar-refractivity contribution in [3.05, 3.63) is 33.3 Å². The topological polar surface area (TPSA) is 15.3 Å². The second-order valence-electron chi connectivity index (χ2n) is 2.97. The summed E-state index contributed by atoms with van der Waals surface area (Å²) in [6, 6.07) is 5.77. The normalized spacial score (nSPS) is 10.8. The van der Waals surface area contributed by atoms with E-state index in [9.17, 15) is 0 Å². The largest absolute Gasteiger partial charge is 0.251 e. The lowest BCUT2D eigenvalue weighted by molar-refractivity contribution is 0.285. The monoisotopic (exact) mass is 262 g/mol. The van der Waals surface area contributed by atoms with Crippen LogP contribution in [0, 0.1) is 0 Å². The van der Waals surface area contributed by atoms with Gasteiger partial charge in [-0.05, 0) is 23.8 Å². The van der Waals surface area contributed by atoms with Crippen LogP contribution in [0.3, 0.4) is 0 Å². The predicted molar refractivity (Wildman–Crippen MR) is 59.7 cm³/mol. The van der Waals surface area contributed by atoms with Crippen molar-refractivity contribution in [3.63, 3.8) is 0 Å². The molecule has 0 aliphatic carbocycles. The van der Waals surface area contributed by atoms with E-state index < -0.39 is 0 Å². The van der Waals surface area contributed by atoms with E-state index in [4.69, 9.17) is 11.6 Å². The minimum atomic E-state index is 0.763. The number of rotatable bonds is 3. The standard InChI is InChI=1S/C9H12BrClN2/c1-13(2)12-6-7-5-8(11)3-4-9(7)10/h3-5,12H,6H2,1-2H3. The summed E-state index contributed by atoms with van der Waals surface area (Å²) in [4.78, 5) is 0. The van der Waals surface area contributed by atoms with Gasteiger partial charge in [-0.3, -0.25) is 10.4 Å². The van der Waals surface area contributed by atoms with Crippen LogP contribution in [0.5, 0.6) is 0 Å². The van der Waals surface area contributed by atoms with Crippen LogP contribution in [0.1, 0.15) is 5.56 Å². The van der Waals surface area contributed by atoms with Crippen molar-refractivity contribution in [2.45, 2.75) is 6.54 Å². The molecule has 0 saturated heterocycles. The van der Waals surface area contributed by atoms with E-state index in [2.05, 4.69) is 21.4 Å². The fourth-order valence-corrected chi connectivity index (χ4v) is 1.50. The molecule has 0 unspecified atom stereocenters. The molecule has 13 heavy (non-hydrogen) atoms. The molecule has 0 aliphatic rings. The third-order valence-corrected chi connectivity index (χ3v) is 2.60. The van der Waals surface area contributed by atoms with Gasteiger partial charge in [-0.1, -0.05) is 27.5 Å². The fourth-order valence-electron chi connectivity index (χ4n) is 0.922. The van der Waals surface area contributed by atoms with Crippen molar-refractivity contribution in [2.24, 2.45) is 0 Å². The zero-order chi connectivity index (χ0) is 9.84. The van der Waals surface area contributed by atoms with Crippen LogP contribution < -0.4 is 5.43 Å². The van der Waals surface area contributed by atoms with E-state index in [-0.39, 0.29) is 0 Å². The van der Waals surface area contributed by atoms with Gasteiger partial charge in [-0.15, -0.1) is 0 Å². The van der Waals surface area contributed by atoms with Gasteiger partial charge in [0.05, 0.1) is 0 Å². The van der Waals surface area contributed by atoms with E-state index in [0.29, 0.717) is 0 Å². The lowest BCUT2D eigenvalue weighted by Crippen LogP contribution is -2.29. The second-order valence-corrected chi connectivity index (χ2v) is 4.26. The molecule has 0 heterocycles. The molecular weight excluding hydrogens is 251 g/mol. The summed E-state index contributed by atoms with van der Waals surface area (Å²) in [5.74, 6) is 0. The van der Waals surface area contributed by atoms with Crippen LogP contribution in [-0.2, 0) is 6.54 Å². The maximum Gasteiger partial charge on any atom is 0.0410 e. The molecule has 0 fully saturated rings. The van der Waals surface area contributed by atoms with Crippen molar-refractivity contribution < 1.29 is 0 Å². The second kappa shape index (κ2) is 4.96. The number of hydrogen-bond donors (Lipinski definition) is 1. The van der Waals surface area contributed by atoms with Crippen molar-refractivity contribution in [2.75, 3.05) is 14.1 Å². The zero-order valence-electron chi connectivity index (χ0n) is 7.64. The van der Waals surface area contributed by atoms with Gasteiger partial charge in [0.25, 0.3) is 0 Å². The average molecular weight is 264 g/mol. The quantitative estimate of drug-likeness (QED) is 0.844. The maximum absolute atomic E-state index is 5.87. The van der Waals surface area contributed by atoms with Crippen molar-refractivity contribution in [1.29, 1.82) is 0 Å². The molecule has 0 amide bonds. The summed E-state index contributed by atoms with van der Waals surface area (Å²) < 4.78 is 1.08. The van der Waals surface area contributed by atoms with Gasteiger partial charge in [-0.2, -0.15) is 0 Å². The van der Waals surface area contributed by atoms with E-state index >= 15 is 0 Å². The first kappa shape index (κ1) is 11.0. The van der Waals surface area contributed by atoms with Gasteiger partial charge < -0.3 is 0 Å². The number of halogens is 2. The van der Waals surface area contributed by atoms with E-state index in [1.165, 1.54) is 0 Å². The van der Waals surface area contributed by atoms with Crippen LogP contribution in [0.25, 0.3) is 0 Å². The minimum absolute atomic E-state index is 0.763. The van der Waals surface area contributed by atoms with Crippen molar-refractivity contribution in [1.82, 2.24) is 10.4 Å². The van der Waals surface area contributed by atoms with Crippen molar-refractivity contribution >= 4 is 27.5 Å². The third kappa shape index (κ3) is 3.65. The minimum Gasteiger partial charge on any atom is -0.251 e. The first-order valence-electron chi connectivity index (χ1n) is 3.94. The lowest BCUT2D eigenvalue weighted by Gasteiger charge is -2.12. The van der Waals surface area contributed by atoms with Gasteiger partial charge in [0.15, 0.2) is 0 Å². The molecule has 0 bridgehead atoms. The molecule has 0 aliphatic heterocycles. The molecule has 2 nitrogen and oxygen atoms in total. The number of nitrogens with one attached hydrogen (secondary N) is 1. The van der Waals surface area contributed by atoms with Gasteiger partial charge in [-0.25, -0.2) is 0 Å². The molecule has 0 saturated carbocycles. The zero-order valence-corrected chi connectivity index (χ0v) is 9.98. The Hall–Kier alpha value is -0.0900. The molecule has 1 aromatic carbocycles. The third-order valence-electron chi connectivity index (χ3n) is 1.59. The van der Waals surface area contributed by atoms with Crippen LogP contribution in [-0.4, -0.2) is 19.1 Å². The number of hydrogen-bond acceptors (Lipinski definition) is 2. The molecule has 0 aromatic heterocycles. The SMILES string of the molecule is CN(C)NCc1cc(Cl)ccc1Br. The molecule has 1 N–H and O–H groups in total. The highest BCUT2D eigenvalue weighted by atomic mass is 79.9. The van der Waals surface area contributed by atoms with Gasteiger partial charge in [0.2, 0.25) is 0 Å². The van der Waals surface area contributed by atoms with Crippen molar-refractivity contribution in [3.8, 4) is 0 Å². The molecule has 4 heteroatoms. The van der Waals surface area contributed by atoms with Crippen LogP contribution in [0.2, 0.25) is 5.02 Å². The van der Waals surface area contributed by atoms with Crippen LogP contribution >= 0.6 is 27.5 Å². The average Bonchev–Trinajstić information content (AvgIpc) is 2.06. The Morgan fingerprint density at radius 1 is 1.46 bits per heavy atom. The summed E-state index contributed by atoms with van der Waals surface area (Å²) in [7, 11) is 3.91. The Morgan fingerprint density at radius 2 is 2.15 bits per heavy atom. The van der Waals surface area contributed by atoms with Crippen LogP contribution in [0.15, 0.2) is 22.7 Å². The Balaban J connectivity index is 2.70. The van der Waals surface area contributed by atoms with E-state index in [1.807, 2.05) is 37.3 Å². The van der Waals surface area contributed by atoms with Gasteiger partial charge in [0, 0.05) is 30.1 Å². The fraction of sp³-hybridized carbons (Fsp3) is 0.333. The smallest absolute Gasteiger partial charge is 0.0410 e.